The molecule has 3 fully saturated rings. The molecule has 0 bridgehead atoms. The van der Waals surface area contributed by atoms with E-state index in [1.807, 2.05) is 19.1 Å². The highest BCUT2D eigenvalue weighted by atomic mass is 19.3. The highest BCUT2D eigenvalue weighted by Crippen LogP contribution is 2.34. The SMILES string of the molecule is Cc1cc(N2CCN(C3COC3)CC2)ccc1Nc1nccc(-c2ccc(OC3CCN(C(=O)C(C)O)CC3(F)F)c(C#N)c2)n1. The second-order valence-corrected chi connectivity index (χ2v) is 12.0. The molecule has 0 radical (unpaired) electrons. The van der Waals surface area contributed by atoms with Crippen LogP contribution in [0.2, 0.25) is 0 Å². The Morgan fingerprint density at radius 3 is 2.59 bits per heavy atom. The summed E-state index contributed by atoms with van der Waals surface area (Å²) < 4.78 is 40.8. The highest BCUT2D eigenvalue weighted by molar-refractivity contribution is 5.80. The fraction of sp³-hybridized carbons (Fsp3) is 0.455. The first kappa shape index (κ1) is 31.6. The van der Waals surface area contributed by atoms with Crippen molar-refractivity contribution in [2.75, 3.05) is 62.7 Å². The Balaban J connectivity index is 1.11. The molecule has 13 heteroatoms. The van der Waals surface area contributed by atoms with Gasteiger partial charge in [-0.1, -0.05) is 0 Å². The molecular weight excluding hydrogens is 596 g/mol. The van der Waals surface area contributed by atoms with Gasteiger partial charge in [-0.15, -0.1) is 0 Å². The minimum absolute atomic E-state index is 0.0104. The lowest BCUT2D eigenvalue weighted by Gasteiger charge is -2.43. The van der Waals surface area contributed by atoms with Crippen LogP contribution in [-0.2, 0) is 9.53 Å². The molecule has 3 aliphatic rings. The van der Waals surface area contributed by atoms with Crippen molar-refractivity contribution in [3.63, 3.8) is 0 Å². The van der Waals surface area contributed by atoms with Gasteiger partial charge in [0.2, 0.25) is 5.95 Å². The number of carbonyl (C=O) groups excluding carboxylic acids is 1. The van der Waals surface area contributed by atoms with Crippen molar-refractivity contribution >= 4 is 23.2 Å². The number of aromatic nitrogens is 2. The van der Waals surface area contributed by atoms with Crippen molar-refractivity contribution in [1.82, 2.24) is 19.8 Å². The molecule has 1 aromatic heterocycles. The molecule has 0 aliphatic carbocycles. The number of aryl methyl sites for hydroxylation is 1. The Kier molecular flexibility index (Phi) is 9.04. The van der Waals surface area contributed by atoms with Gasteiger partial charge in [0.15, 0.2) is 6.10 Å². The van der Waals surface area contributed by atoms with E-state index in [9.17, 15) is 23.9 Å². The van der Waals surface area contributed by atoms with Gasteiger partial charge in [-0.3, -0.25) is 9.69 Å². The zero-order valence-electron chi connectivity index (χ0n) is 25.8. The fourth-order valence-electron chi connectivity index (χ4n) is 6.01. The third kappa shape index (κ3) is 6.74. The summed E-state index contributed by atoms with van der Waals surface area (Å²) in [6.45, 7) is 8.07. The second-order valence-electron chi connectivity index (χ2n) is 12.0. The number of piperidine rings is 1. The number of nitrogens with zero attached hydrogens (tertiary/aromatic N) is 6. The van der Waals surface area contributed by atoms with E-state index in [4.69, 9.17) is 9.47 Å². The normalized spacial score (nSPS) is 20.8. The van der Waals surface area contributed by atoms with Crippen LogP contribution in [-0.4, -0.2) is 107 Å². The van der Waals surface area contributed by atoms with Crippen molar-refractivity contribution in [2.24, 2.45) is 0 Å². The first-order valence-electron chi connectivity index (χ1n) is 15.4. The molecule has 3 aromatic rings. The maximum absolute atomic E-state index is 14.9. The van der Waals surface area contributed by atoms with Crippen molar-refractivity contribution < 1.29 is 28.2 Å². The number of alkyl halides is 2. The van der Waals surface area contributed by atoms with Crippen LogP contribution in [0.1, 0.15) is 24.5 Å². The van der Waals surface area contributed by atoms with Gasteiger partial charge in [0, 0.05) is 62.3 Å². The number of hydrogen-bond donors (Lipinski definition) is 2. The number of rotatable bonds is 8. The molecule has 4 heterocycles. The fourth-order valence-corrected chi connectivity index (χ4v) is 6.01. The number of likely N-dealkylation sites (tertiary alicyclic amines) is 1. The minimum atomic E-state index is -3.36. The zero-order valence-corrected chi connectivity index (χ0v) is 25.8. The van der Waals surface area contributed by atoms with Gasteiger partial charge in [-0.05, 0) is 61.9 Å². The number of amides is 1. The topological polar surface area (TPSA) is 127 Å². The lowest BCUT2D eigenvalue weighted by molar-refractivity contribution is -0.165. The molecule has 46 heavy (non-hydrogen) atoms. The standard InChI is InChI=1S/C33H37F2N7O4/c1-21-15-25(40-11-13-41(14-12-40)26-18-45-19-26)4-5-27(21)38-32-37-9-7-28(39-32)23-3-6-29(24(16-23)17-36)46-30-8-10-42(20-33(30,34)35)31(44)22(2)43/h3-7,9,15-16,22,26,30,43H,8,10-14,18-20H2,1-2H3,(H,37,38,39). The second kappa shape index (κ2) is 13.2. The van der Waals surface area contributed by atoms with Gasteiger partial charge in [0.25, 0.3) is 5.91 Å². The summed E-state index contributed by atoms with van der Waals surface area (Å²) in [7, 11) is 0. The van der Waals surface area contributed by atoms with E-state index in [-0.39, 0.29) is 24.3 Å². The molecule has 1 amide bonds. The zero-order chi connectivity index (χ0) is 32.4. The van der Waals surface area contributed by atoms with Gasteiger partial charge in [-0.25, -0.2) is 18.7 Å². The molecule has 3 saturated heterocycles. The molecule has 6 rings (SSSR count). The summed E-state index contributed by atoms with van der Waals surface area (Å²) >= 11 is 0. The largest absolute Gasteiger partial charge is 0.483 e. The Bertz CT molecular complexity index is 1620. The summed E-state index contributed by atoms with van der Waals surface area (Å²) in [5.41, 5.74) is 4.31. The van der Waals surface area contributed by atoms with Crippen LogP contribution in [0.15, 0.2) is 48.7 Å². The van der Waals surface area contributed by atoms with E-state index in [0.29, 0.717) is 23.2 Å². The average molecular weight is 634 g/mol. The van der Waals surface area contributed by atoms with E-state index >= 15 is 0 Å². The number of carbonyl (C=O) groups is 1. The maximum Gasteiger partial charge on any atom is 0.301 e. The van der Waals surface area contributed by atoms with Crippen LogP contribution >= 0.6 is 0 Å². The van der Waals surface area contributed by atoms with E-state index in [1.165, 1.54) is 18.7 Å². The van der Waals surface area contributed by atoms with Gasteiger partial charge in [0.1, 0.15) is 17.9 Å². The number of aliphatic hydroxyl groups is 1. The lowest BCUT2D eigenvalue weighted by atomic mass is 10.0. The minimum Gasteiger partial charge on any atom is -0.483 e. The number of anilines is 3. The van der Waals surface area contributed by atoms with E-state index in [1.54, 1.807) is 24.4 Å². The van der Waals surface area contributed by atoms with Crippen molar-refractivity contribution in [2.45, 2.75) is 44.4 Å². The van der Waals surface area contributed by atoms with E-state index in [2.05, 4.69) is 37.2 Å². The predicted molar refractivity (Wildman–Crippen MR) is 167 cm³/mol. The predicted octanol–water partition coefficient (Wildman–Crippen LogP) is 3.58. The highest BCUT2D eigenvalue weighted by Gasteiger charge is 2.48. The molecule has 2 aromatic carbocycles. The number of aliphatic hydroxyl groups excluding tert-OH is 1. The number of nitriles is 1. The molecule has 0 spiro atoms. The average Bonchev–Trinajstić information content (AvgIpc) is 3.02. The number of piperazine rings is 1. The van der Waals surface area contributed by atoms with Crippen molar-refractivity contribution in [1.29, 1.82) is 5.26 Å². The van der Waals surface area contributed by atoms with Gasteiger partial charge >= 0.3 is 5.92 Å². The maximum atomic E-state index is 14.9. The molecule has 2 atom stereocenters. The number of nitrogens with one attached hydrogen (secondary N) is 1. The van der Waals surface area contributed by atoms with Crippen molar-refractivity contribution in [3.05, 3.63) is 59.8 Å². The van der Waals surface area contributed by atoms with Gasteiger partial charge < -0.3 is 29.7 Å². The van der Waals surface area contributed by atoms with Crippen LogP contribution < -0.4 is 15.0 Å². The Labute approximate surface area is 266 Å². The Morgan fingerprint density at radius 2 is 1.93 bits per heavy atom. The summed E-state index contributed by atoms with van der Waals surface area (Å²) in [6, 6.07) is 15.3. The van der Waals surface area contributed by atoms with Crippen LogP contribution in [0, 0.1) is 18.3 Å². The third-order valence-corrected chi connectivity index (χ3v) is 8.80. The smallest absolute Gasteiger partial charge is 0.301 e. The number of ether oxygens (including phenoxy) is 2. The Morgan fingerprint density at radius 1 is 1.15 bits per heavy atom. The molecule has 242 valence electrons. The number of halogens is 2. The van der Waals surface area contributed by atoms with Crippen LogP contribution in [0.5, 0.6) is 5.75 Å². The third-order valence-electron chi connectivity index (χ3n) is 8.80. The van der Waals surface area contributed by atoms with Gasteiger partial charge in [0.05, 0.1) is 37.1 Å². The number of benzene rings is 2. The summed E-state index contributed by atoms with van der Waals surface area (Å²) in [5, 5.41) is 22.6. The van der Waals surface area contributed by atoms with Gasteiger partial charge in [-0.2, -0.15) is 5.26 Å². The molecule has 2 N–H and O–H groups in total. The molecule has 2 unspecified atom stereocenters. The summed E-state index contributed by atoms with van der Waals surface area (Å²) in [4.78, 5) is 26.8. The van der Waals surface area contributed by atoms with Crippen molar-refractivity contribution in [3.8, 4) is 23.1 Å². The van der Waals surface area contributed by atoms with Crippen LogP contribution in [0.3, 0.4) is 0 Å². The van der Waals surface area contributed by atoms with Crippen LogP contribution in [0.4, 0.5) is 26.1 Å². The summed E-state index contributed by atoms with van der Waals surface area (Å²) in [6.07, 6.45) is -1.43. The molecular formula is C33H37F2N7O4. The van der Waals surface area contributed by atoms with E-state index in [0.717, 1.165) is 55.5 Å². The molecule has 11 nitrogen and oxygen atoms in total. The molecule has 3 aliphatic heterocycles. The quantitative estimate of drug-likeness (QED) is 0.380. The number of hydrogen-bond acceptors (Lipinski definition) is 10. The molecule has 0 saturated carbocycles. The monoisotopic (exact) mass is 633 g/mol. The lowest BCUT2D eigenvalue weighted by Crippen LogP contribution is -2.56. The summed E-state index contributed by atoms with van der Waals surface area (Å²) in [5.74, 6) is -3.72. The Hall–Kier alpha value is -4.38. The first-order chi connectivity index (χ1) is 22.1. The van der Waals surface area contributed by atoms with E-state index < -0.39 is 30.6 Å². The van der Waals surface area contributed by atoms with Crippen LogP contribution in [0.25, 0.3) is 11.3 Å². The first-order valence-corrected chi connectivity index (χ1v) is 15.4.